The summed E-state index contributed by atoms with van der Waals surface area (Å²) in [7, 11) is 1.49. The SMILES string of the molecule is COc1ccccc1N1C(=O)/C(=C/c2cc(C)n(-c3ccc(Oc4ccc([N+](=O)[O-])cn4)cc3)c2C)C(=O)NC1=S. The summed E-state index contributed by atoms with van der Waals surface area (Å²) in [6, 6.07) is 18.7. The Kier molecular flexibility index (Phi) is 7.32. The van der Waals surface area contributed by atoms with Gasteiger partial charge in [0.2, 0.25) is 5.88 Å². The third kappa shape index (κ3) is 5.28. The van der Waals surface area contributed by atoms with Crippen LogP contribution in [0.1, 0.15) is 17.0 Å². The molecular formula is C29H23N5O6S. The van der Waals surface area contributed by atoms with Crippen molar-refractivity contribution in [2.75, 3.05) is 12.0 Å². The van der Waals surface area contributed by atoms with E-state index < -0.39 is 16.7 Å². The molecule has 0 radical (unpaired) electrons. The van der Waals surface area contributed by atoms with Gasteiger partial charge in [-0.1, -0.05) is 12.1 Å². The Balaban J connectivity index is 1.42. The van der Waals surface area contributed by atoms with Crippen LogP contribution in [0.25, 0.3) is 11.8 Å². The number of carbonyl (C=O) groups is 2. The van der Waals surface area contributed by atoms with E-state index in [0.717, 1.165) is 23.3 Å². The first kappa shape index (κ1) is 27.2. The number of pyridine rings is 1. The first-order valence-electron chi connectivity index (χ1n) is 12.3. The quantitative estimate of drug-likeness (QED) is 0.108. The maximum absolute atomic E-state index is 13.5. The number of benzene rings is 2. The second-order valence-electron chi connectivity index (χ2n) is 9.00. The number of carbonyl (C=O) groups excluding carboxylic acids is 2. The number of nitrogens with one attached hydrogen (secondary N) is 1. The number of hydrogen-bond donors (Lipinski definition) is 1. The predicted molar refractivity (Wildman–Crippen MR) is 155 cm³/mol. The Hall–Kier alpha value is -5.36. The van der Waals surface area contributed by atoms with Crippen molar-refractivity contribution in [3.05, 3.63) is 106 Å². The summed E-state index contributed by atoms with van der Waals surface area (Å²) in [5.74, 6) is 0.0137. The fraction of sp³-hybridized carbons (Fsp3) is 0.103. The summed E-state index contributed by atoms with van der Waals surface area (Å²) in [6.07, 6.45) is 2.69. The van der Waals surface area contributed by atoms with Crippen LogP contribution >= 0.6 is 12.2 Å². The van der Waals surface area contributed by atoms with Crippen LogP contribution in [0, 0.1) is 24.0 Å². The number of thiocarbonyl (C=S) groups is 1. The maximum atomic E-state index is 13.5. The van der Waals surface area contributed by atoms with Crippen molar-refractivity contribution in [2.45, 2.75) is 13.8 Å². The zero-order chi connectivity index (χ0) is 29.3. The smallest absolute Gasteiger partial charge is 0.287 e. The van der Waals surface area contributed by atoms with Crippen LogP contribution in [0.2, 0.25) is 0 Å². The van der Waals surface area contributed by atoms with Crippen LogP contribution in [0.4, 0.5) is 11.4 Å². The van der Waals surface area contributed by atoms with Gasteiger partial charge < -0.3 is 14.0 Å². The van der Waals surface area contributed by atoms with E-state index in [1.807, 2.05) is 36.6 Å². The molecule has 0 aliphatic carbocycles. The van der Waals surface area contributed by atoms with Gasteiger partial charge in [0.05, 0.1) is 17.7 Å². The molecule has 41 heavy (non-hydrogen) atoms. The molecule has 0 unspecified atom stereocenters. The summed E-state index contributed by atoms with van der Waals surface area (Å²) < 4.78 is 13.1. The molecule has 1 aliphatic rings. The molecule has 1 aliphatic heterocycles. The molecule has 1 N–H and O–H groups in total. The molecule has 0 atom stereocenters. The summed E-state index contributed by atoms with van der Waals surface area (Å²) in [4.78, 5) is 41.9. The number of methoxy groups -OCH3 is 1. The van der Waals surface area contributed by atoms with Crippen molar-refractivity contribution in [1.82, 2.24) is 14.9 Å². The van der Waals surface area contributed by atoms with Gasteiger partial charge in [0.25, 0.3) is 17.5 Å². The van der Waals surface area contributed by atoms with E-state index in [4.69, 9.17) is 21.7 Å². The Bertz CT molecular complexity index is 1730. The molecule has 1 fully saturated rings. The van der Waals surface area contributed by atoms with Crippen LogP contribution in [0.5, 0.6) is 17.4 Å². The van der Waals surface area contributed by atoms with Gasteiger partial charge in [0.15, 0.2) is 5.11 Å². The lowest BCUT2D eigenvalue weighted by Crippen LogP contribution is -2.54. The monoisotopic (exact) mass is 569 g/mol. The first-order chi connectivity index (χ1) is 19.7. The first-order valence-corrected chi connectivity index (χ1v) is 12.7. The van der Waals surface area contributed by atoms with E-state index in [1.54, 1.807) is 42.5 Å². The summed E-state index contributed by atoms with van der Waals surface area (Å²) in [5.41, 5.74) is 3.42. The molecule has 4 aromatic rings. The molecule has 5 rings (SSSR count). The number of hydrogen-bond acceptors (Lipinski definition) is 8. The number of rotatable bonds is 7. The Morgan fingerprint density at radius 1 is 1.05 bits per heavy atom. The van der Waals surface area contributed by atoms with Crippen molar-refractivity contribution >= 4 is 46.6 Å². The number of para-hydroxylation sites is 2. The minimum atomic E-state index is -0.586. The number of aryl methyl sites for hydroxylation is 1. The largest absolute Gasteiger partial charge is 0.495 e. The Labute approximate surface area is 239 Å². The van der Waals surface area contributed by atoms with E-state index in [2.05, 4.69) is 10.3 Å². The fourth-order valence-corrected chi connectivity index (χ4v) is 4.78. The number of amides is 2. The number of ether oxygens (including phenoxy) is 2. The molecule has 12 heteroatoms. The second kappa shape index (κ2) is 11.0. The highest BCUT2D eigenvalue weighted by Crippen LogP contribution is 2.32. The normalized spacial score (nSPS) is 14.3. The summed E-state index contributed by atoms with van der Waals surface area (Å²) in [5, 5.41) is 13.4. The van der Waals surface area contributed by atoms with Crippen LogP contribution in [0.3, 0.4) is 0 Å². The van der Waals surface area contributed by atoms with E-state index in [1.165, 1.54) is 24.1 Å². The van der Waals surface area contributed by atoms with Crippen molar-refractivity contribution < 1.29 is 24.0 Å². The lowest BCUT2D eigenvalue weighted by molar-refractivity contribution is -0.385. The molecule has 1 saturated heterocycles. The van der Waals surface area contributed by atoms with Gasteiger partial charge in [-0.2, -0.15) is 0 Å². The van der Waals surface area contributed by atoms with Gasteiger partial charge in [0.1, 0.15) is 23.3 Å². The minimum Gasteiger partial charge on any atom is -0.495 e. The third-order valence-corrected chi connectivity index (χ3v) is 6.73. The topological polar surface area (TPSA) is 129 Å². The van der Waals surface area contributed by atoms with E-state index in [9.17, 15) is 19.7 Å². The number of nitrogens with zero attached hydrogens (tertiary/aromatic N) is 4. The average Bonchev–Trinajstić information content (AvgIpc) is 3.24. The van der Waals surface area contributed by atoms with E-state index in [0.29, 0.717) is 22.7 Å². The Morgan fingerprint density at radius 3 is 2.44 bits per heavy atom. The minimum absolute atomic E-state index is 0.0293. The third-order valence-electron chi connectivity index (χ3n) is 6.45. The van der Waals surface area contributed by atoms with Crippen molar-refractivity contribution in [3.8, 4) is 23.1 Å². The van der Waals surface area contributed by atoms with Gasteiger partial charge in [-0.25, -0.2) is 9.88 Å². The standard InChI is InChI=1S/C29H23N5O6S/c1-17-14-19(15-23-27(35)31-29(41)33(28(23)36)24-6-4-5-7-25(24)39-3)18(2)32(17)20-8-11-22(12-9-20)40-26-13-10-21(16-30-26)34(37)38/h4-16H,1-3H3,(H,31,35,41)/b23-15+. The van der Waals surface area contributed by atoms with Crippen LogP contribution in [-0.4, -0.2) is 38.5 Å². The highest BCUT2D eigenvalue weighted by atomic mass is 32.1. The molecule has 3 heterocycles. The lowest BCUT2D eigenvalue weighted by Gasteiger charge is -2.29. The summed E-state index contributed by atoms with van der Waals surface area (Å²) in [6.45, 7) is 3.80. The number of anilines is 1. The molecule has 206 valence electrons. The van der Waals surface area contributed by atoms with Crippen molar-refractivity contribution in [1.29, 1.82) is 0 Å². The molecule has 2 aromatic carbocycles. The fourth-order valence-electron chi connectivity index (χ4n) is 4.50. The zero-order valence-electron chi connectivity index (χ0n) is 22.2. The van der Waals surface area contributed by atoms with Crippen molar-refractivity contribution in [3.63, 3.8) is 0 Å². The zero-order valence-corrected chi connectivity index (χ0v) is 23.0. The van der Waals surface area contributed by atoms with Crippen molar-refractivity contribution in [2.24, 2.45) is 0 Å². The second-order valence-corrected chi connectivity index (χ2v) is 9.39. The van der Waals surface area contributed by atoms with Gasteiger partial charge in [-0.05, 0) is 80.2 Å². The molecule has 0 saturated carbocycles. The molecule has 0 spiro atoms. The van der Waals surface area contributed by atoms with Crippen LogP contribution < -0.4 is 19.7 Å². The highest BCUT2D eigenvalue weighted by Gasteiger charge is 2.36. The van der Waals surface area contributed by atoms with E-state index in [-0.39, 0.29) is 22.3 Å². The lowest BCUT2D eigenvalue weighted by atomic mass is 10.1. The highest BCUT2D eigenvalue weighted by molar-refractivity contribution is 7.80. The molecule has 2 aromatic heterocycles. The molecule has 2 amide bonds. The van der Waals surface area contributed by atoms with E-state index >= 15 is 0 Å². The predicted octanol–water partition coefficient (Wildman–Crippen LogP) is 5.03. The Morgan fingerprint density at radius 2 is 1.78 bits per heavy atom. The summed E-state index contributed by atoms with van der Waals surface area (Å²) >= 11 is 5.32. The van der Waals surface area contributed by atoms with Gasteiger partial charge in [-0.3, -0.25) is 25.0 Å². The van der Waals surface area contributed by atoms with Gasteiger partial charge in [-0.15, -0.1) is 0 Å². The van der Waals surface area contributed by atoms with Gasteiger partial charge in [0, 0.05) is 29.2 Å². The molecular weight excluding hydrogens is 546 g/mol. The molecule has 0 bridgehead atoms. The maximum Gasteiger partial charge on any atom is 0.287 e. The van der Waals surface area contributed by atoms with Crippen LogP contribution in [0.15, 0.2) is 78.5 Å². The average molecular weight is 570 g/mol. The molecule has 11 nitrogen and oxygen atoms in total. The van der Waals surface area contributed by atoms with Gasteiger partial charge >= 0.3 is 0 Å². The van der Waals surface area contributed by atoms with Crippen LogP contribution in [-0.2, 0) is 9.59 Å². The number of nitro groups is 1. The number of aromatic nitrogens is 2.